The van der Waals surface area contributed by atoms with E-state index in [0.29, 0.717) is 5.75 Å². The van der Waals surface area contributed by atoms with Crippen LogP contribution < -0.4 is 15.5 Å². The molecule has 1 heterocycles. The molecule has 0 fully saturated rings. The summed E-state index contributed by atoms with van der Waals surface area (Å²) in [6.07, 6.45) is 0.0772. The third kappa shape index (κ3) is 4.94. The van der Waals surface area contributed by atoms with Gasteiger partial charge in [0, 0.05) is 11.6 Å². The number of hydrazone groups is 1. The smallest absolute Gasteiger partial charge is 0.411 e. The van der Waals surface area contributed by atoms with E-state index in [1.807, 2.05) is 6.07 Å². The molecule has 3 aromatic rings. The number of anilines is 1. The maximum absolute atomic E-state index is 11.5. The summed E-state index contributed by atoms with van der Waals surface area (Å²) in [7, 11) is 0. The number of nitrogens with zero attached hydrogens (tertiary/aromatic N) is 3. The molecule has 0 spiro atoms. The average molecular weight is 444 g/mol. The van der Waals surface area contributed by atoms with Crippen molar-refractivity contribution in [2.24, 2.45) is 5.10 Å². The molecule has 2 amide bonds. The van der Waals surface area contributed by atoms with Crippen LogP contribution in [0.2, 0.25) is 10.0 Å². The molecular weight excluding hydrogens is 433 g/mol. The van der Waals surface area contributed by atoms with Crippen molar-refractivity contribution < 1.29 is 19.4 Å². The van der Waals surface area contributed by atoms with Crippen LogP contribution in [0, 0.1) is 11.3 Å². The zero-order valence-corrected chi connectivity index (χ0v) is 16.4. The molecule has 30 heavy (non-hydrogen) atoms. The third-order valence-corrected chi connectivity index (χ3v) is 4.19. The number of imide groups is 1. The number of rotatable bonds is 5. The van der Waals surface area contributed by atoms with E-state index in [9.17, 15) is 9.59 Å². The first-order valence-electron chi connectivity index (χ1n) is 8.17. The summed E-state index contributed by atoms with van der Waals surface area (Å²) >= 11 is 12.5. The van der Waals surface area contributed by atoms with Gasteiger partial charge in [-0.05, 0) is 36.4 Å². The second kappa shape index (κ2) is 9.09. The molecule has 0 unspecified atom stereocenters. The van der Waals surface area contributed by atoms with Gasteiger partial charge in [-0.25, -0.2) is 4.79 Å². The lowest BCUT2D eigenvalue weighted by Gasteiger charge is -2.12. The minimum Gasteiger partial charge on any atom is -0.465 e. The minimum atomic E-state index is -1.61. The number of halogens is 2. The molecule has 0 atom stereocenters. The quantitative estimate of drug-likeness (QED) is 0.391. The van der Waals surface area contributed by atoms with E-state index in [2.05, 4.69) is 15.5 Å². The van der Waals surface area contributed by atoms with Gasteiger partial charge in [0.2, 0.25) is 5.71 Å². The number of benzene rings is 2. The Bertz CT molecular complexity index is 1200. The van der Waals surface area contributed by atoms with Gasteiger partial charge in [-0.3, -0.25) is 20.5 Å². The first-order chi connectivity index (χ1) is 14.4. The fourth-order valence-electron chi connectivity index (χ4n) is 2.36. The van der Waals surface area contributed by atoms with E-state index in [1.165, 1.54) is 23.5 Å². The van der Waals surface area contributed by atoms with Gasteiger partial charge < -0.3 is 9.84 Å². The van der Waals surface area contributed by atoms with Crippen LogP contribution in [0.15, 0.2) is 53.8 Å². The Balaban J connectivity index is 1.81. The van der Waals surface area contributed by atoms with Gasteiger partial charge in [-0.2, -0.15) is 10.4 Å². The zero-order valence-electron chi connectivity index (χ0n) is 14.9. The number of aromatic nitrogens is 1. The van der Waals surface area contributed by atoms with Crippen molar-refractivity contribution >= 4 is 57.5 Å². The molecule has 0 saturated heterocycles. The van der Waals surface area contributed by atoms with E-state index < -0.39 is 17.7 Å². The van der Waals surface area contributed by atoms with Crippen molar-refractivity contribution in [1.82, 2.24) is 10.3 Å². The Labute approximate surface area is 179 Å². The number of carbonyl (C=O) groups excluding carboxylic acids is 1. The van der Waals surface area contributed by atoms with Crippen LogP contribution >= 0.6 is 23.2 Å². The fraction of sp³-hybridized carbons (Fsp3) is 0. The molecule has 3 N–H and O–H groups in total. The molecule has 0 saturated carbocycles. The summed E-state index contributed by atoms with van der Waals surface area (Å²) in [5, 5.41) is 23.7. The Kier molecular flexibility index (Phi) is 6.32. The van der Waals surface area contributed by atoms with Gasteiger partial charge in [-0.15, -0.1) is 0 Å². The number of nitrogens with one attached hydrogen (secondary N) is 2. The van der Waals surface area contributed by atoms with Crippen molar-refractivity contribution in [2.45, 2.75) is 0 Å². The van der Waals surface area contributed by atoms with Crippen LogP contribution in [0.1, 0.15) is 0 Å². The first kappa shape index (κ1) is 20.9. The lowest BCUT2D eigenvalue weighted by Crippen LogP contribution is -2.34. The number of hydrogen-bond acceptors (Lipinski definition) is 7. The molecule has 0 radical (unpaired) electrons. The van der Waals surface area contributed by atoms with Crippen LogP contribution in [0.5, 0.6) is 11.5 Å². The number of nitriles is 1. The van der Waals surface area contributed by atoms with Gasteiger partial charge in [-0.1, -0.05) is 29.3 Å². The predicted molar refractivity (Wildman–Crippen MR) is 111 cm³/mol. The Morgan fingerprint density at radius 2 is 1.90 bits per heavy atom. The number of carbonyl (C=O) groups is 2. The molecule has 2 aromatic carbocycles. The largest absolute Gasteiger partial charge is 0.465 e. The highest BCUT2D eigenvalue weighted by Gasteiger charge is 2.15. The van der Waals surface area contributed by atoms with Crippen molar-refractivity contribution in [3.05, 3.63) is 58.7 Å². The highest BCUT2D eigenvalue weighted by Crippen LogP contribution is 2.39. The summed E-state index contributed by atoms with van der Waals surface area (Å²) < 4.78 is 5.79. The topological polar surface area (TPSA) is 137 Å². The molecular formula is C19H11Cl2N5O4. The van der Waals surface area contributed by atoms with E-state index in [4.69, 9.17) is 38.3 Å². The second-order valence-corrected chi connectivity index (χ2v) is 6.49. The molecule has 0 bridgehead atoms. The number of carboxylic acid groups (broad SMARTS) is 1. The van der Waals surface area contributed by atoms with E-state index in [1.54, 1.807) is 30.5 Å². The summed E-state index contributed by atoms with van der Waals surface area (Å²) in [4.78, 5) is 26.2. The number of pyridine rings is 1. The van der Waals surface area contributed by atoms with Gasteiger partial charge in [0.05, 0.1) is 21.2 Å². The fourth-order valence-corrected chi connectivity index (χ4v) is 2.92. The van der Waals surface area contributed by atoms with E-state index >= 15 is 0 Å². The normalized spacial score (nSPS) is 10.9. The SMILES string of the molecule is N#CC(=NNc1cc(Cl)c(Oc2ccc3ncccc3c2)c(Cl)c1)C(=O)NC(=O)O. The summed E-state index contributed by atoms with van der Waals surface area (Å²) in [5.41, 5.74) is 2.78. The predicted octanol–water partition coefficient (Wildman–Crippen LogP) is 4.42. The number of hydrogen-bond donors (Lipinski definition) is 3. The van der Waals surface area contributed by atoms with E-state index in [0.717, 1.165) is 10.9 Å². The average Bonchev–Trinajstić information content (AvgIpc) is 2.70. The third-order valence-electron chi connectivity index (χ3n) is 3.63. The van der Waals surface area contributed by atoms with Gasteiger partial charge in [0.1, 0.15) is 11.8 Å². The van der Waals surface area contributed by atoms with Gasteiger partial charge in [0.25, 0.3) is 5.91 Å². The van der Waals surface area contributed by atoms with E-state index in [-0.39, 0.29) is 21.5 Å². The van der Waals surface area contributed by atoms with Crippen LogP contribution in [-0.4, -0.2) is 27.8 Å². The molecule has 0 aliphatic carbocycles. The van der Waals surface area contributed by atoms with Crippen molar-refractivity contribution in [2.75, 3.05) is 5.43 Å². The summed E-state index contributed by atoms with van der Waals surface area (Å²) in [6, 6.07) is 13.3. The Morgan fingerprint density at radius 3 is 2.57 bits per heavy atom. The Hall–Kier alpha value is -3.87. The lowest BCUT2D eigenvalue weighted by molar-refractivity contribution is -0.114. The molecule has 11 heteroatoms. The zero-order chi connectivity index (χ0) is 21.7. The minimum absolute atomic E-state index is 0.139. The van der Waals surface area contributed by atoms with Crippen LogP contribution in [0.4, 0.5) is 10.5 Å². The van der Waals surface area contributed by atoms with Crippen molar-refractivity contribution in [1.29, 1.82) is 5.26 Å². The standard InChI is InChI=1S/C19H11Cl2N5O4/c20-13-7-11(25-26-16(9-22)18(27)24-19(28)29)8-14(21)17(13)30-12-3-4-15-10(6-12)2-1-5-23-15/h1-8,25H,(H,24,27)(H,28,29). The van der Waals surface area contributed by atoms with Crippen molar-refractivity contribution in [3.63, 3.8) is 0 Å². The first-order valence-corrected chi connectivity index (χ1v) is 8.92. The highest BCUT2D eigenvalue weighted by molar-refractivity contribution is 6.46. The maximum Gasteiger partial charge on any atom is 0.411 e. The highest BCUT2D eigenvalue weighted by atomic mass is 35.5. The summed E-state index contributed by atoms with van der Waals surface area (Å²) in [5.74, 6) is -0.490. The molecule has 9 nitrogen and oxygen atoms in total. The lowest BCUT2D eigenvalue weighted by atomic mass is 10.2. The number of amides is 2. The molecule has 0 aliphatic heterocycles. The van der Waals surface area contributed by atoms with Crippen LogP contribution in [0.3, 0.4) is 0 Å². The maximum atomic E-state index is 11.5. The molecule has 0 aliphatic rings. The Morgan fingerprint density at radius 1 is 1.17 bits per heavy atom. The molecule has 3 rings (SSSR count). The van der Waals surface area contributed by atoms with Crippen LogP contribution in [-0.2, 0) is 4.79 Å². The number of fused-ring (bicyclic) bond motifs is 1. The summed E-state index contributed by atoms with van der Waals surface area (Å²) in [6.45, 7) is 0. The second-order valence-electron chi connectivity index (χ2n) is 5.67. The van der Waals surface area contributed by atoms with Crippen LogP contribution in [0.25, 0.3) is 10.9 Å². The van der Waals surface area contributed by atoms with Gasteiger partial charge >= 0.3 is 6.09 Å². The van der Waals surface area contributed by atoms with Crippen molar-refractivity contribution in [3.8, 4) is 17.6 Å². The van der Waals surface area contributed by atoms with Gasteiger partial charge in [0.15, 0.2) is 5.75 Å². The molecule has 150 valence electrons. The number of ether oxygens (including phenoxy) is 1. The molecule has 1 aromatic heterocycles. The monoisotopic (exact) mass is 443 g/mol.